The van der Waals surface area contributed by atoms with Crippen molar-refractivity contribution in [3.8, 4) is 11.5 Å². The Morgan fingerprint density at radius 2 is 1.34 bits per heavy atom. The molecule has 0 N–H and O–H groups in total. The van der Waals surface area contributed by atoms with Crippen LogP contribution in [0.4, 0.5) is 0 Å². The lowest BCUT2D eigenvalue weighted by Gasteiger charge is -2.36. The molecule has 1 aliphatic carbocycles. The second-order valence-corrected chi connectivity index (χ2v) is 10.6. The van der Waals surface area contributed by atoms with Gasteiger partial charge in [0.05, 0.1) is 0 Å². The molecule has 0 bridgehead atoms. The smallest absolute Gasteiger partial charge is 0.399 e. The fourth-order valence-corrected chi connectivity index (χ4v) is 5.83. The van der Waals surface area contributed by atoms with Crippen LogP contribution in [0.3, 0.4) is 0 Å². The summed E-state index contributed by atoms with van der Waals surface area (Å²) in [4.78, 5) is 2.25. The third-order valence-corrected chi connectivity index (χ3v) is 7.13. The molecule has 0 amide bonds. The van der Waals surface area contributed by atoms with Gasteiger partial charge in [-0.25, -0.2) is 4.57 Å². The highest BCUT2D eigenvalue weighted by atomic mass is 31.2. The van der Waals surface area contributed by atoms with E-state index >= 15 is 0 Å². The first-order valence-corrected chi connectivity index (χ1v) is 13.3. The van der Waals surface area contributed by atoms with Crippen LogP contribution in [0.25, 0.3) is 0 Å². The van der Waals surface area contributed by atoms with Crippen LogP contribution >= 0.6 is 7.75 Å². The minimum Gasteiger partial charge on any atom is -0.399 e. The molecule has 174 valence electrons. The average Bonchev–Trinajstić information content (AvgIpc) is 2.75. The van der Waals surface area contributed by atoms with Crippen molar-refractivity contribution >= 4 is 13.6 Å². The number of amidine groups is 1. The SMILES string of the molecule is CC(C)N(/C(CC1CCCCC1)=N\P(=O)(Oc1ccccc1)Oc1ccccc1)C(C)C. The van der Waals surface area contributed by atoms with Crippen molar-refractivity contribution in [1.82, 2.24) is 4.90 Å². The van der Waals surface area contributed by atoms with Gasteiger partial charge in [-0.15, -0.1) is 4.76 Å². The molecule has 1 aliphatic rings. The van der Waals surface area contributed by atoms with Gasteiger partial charge in [0.1, 0.15) is 17.3 Å². The molecule has 5 nitrogen and oxygen atoms in total. The molecule has 6 heteroatoms. The maximum atomic E-state index is 14.1. The Labute approximate surface area is 193 Å². The van der Waals surface area contributed by atoms with Gasteiger partial charge in [0.2, 0.25) is 0 Å². The van der Waals surface area contributed by atoms with Crippen molar-refractivity contribution in [1.29, 1.82) is 0 Å². The van der Waals surface area contributed by atoms with Crippen LogP contribution in [-0.2, 0) is 4.57 Å². The zero-order valence-corrected chi connectivity index (χ0v) is 20.7. The number of para-hydroxylation sites is 2. The van der Waals surface area contributed by atoms with Crippen LogP contribution in [0, 0.1) is 5.92 Å². The van der Waals surface area contributed by atoms with Gasteiger partial charge in [-0.3, -0.25) is 0 Å². The number of nitrogens with zero attached hydrogens (tertiary/aromatic N) is 2. The first-order chi connectivity index (χ1) is 15.4. The van der Waals surface area contributed by atoms with Crippen LogP contribution in [0.15, 0.2) is 65.4 Å². The molecule has 32 heavy (non-hydrogen) atoms. The van der Waals surface area contributed by atoms with E-state index in [1.165, 1.54) is 32.1 Å². The summed E-state index contributed by atoms with van der Waals surface area (Å²) in [7, 11) is -3.87. The van der Waals surface area contributed by atoms with Crippen LogP contribution in [0.5, 0.6) is 11.5 Å². The van der Waals surface area contributed by atoms with Gasteiger partial charge in [0.15, 0.2) is 0 Å². The Kier molecular flexibility index (Phi) is 8.81. The van der Waals surface area contributed by atoms with Gasteiger partial charge < -0.3 is 13.9 Å². The maximum absolute atomic E-state index is 14.1. The molecular weight excluding hydrogens is 419 g/mol. The number of hydrogen-bond donors (Lipinski definition) is 0. The predicted molar refractivity (Wildman–Crippen MR) is 132 cm³/mol. The molecule has 0 radical (unpaired) electrons. The lowest BCUT2D eigenvalue weighted by molar-refractivity contribution is 0.272. The van der Waals surface area contributed by atoms with Gasteiger partial charge in [0, 0.05) is 18.5 Å². The predicted octanol–water partition coefficient (Wildman–Crippen LogP) is 7.74. The quantitative estimate of drug-likeness (QED) is 0.220. The van der Waals surface area contributed by atoms with E-state index in [2.05, 4.69) is 32.6 Å². The summed E-state index contributed by atoms with van der Waals surface area (Å²) >= 11 is 0. The molecule has 2 aromatic rings. The van der Waals surface area contributed by atoms with E-state index < -0.39 is 7.75 Å². The number of hydrogen-bond acceptors (Lipinski definition) is 3. The highest BCUT2D eigenvalue weighted by Crippen LogP contribution is 2.51. The molecule has 0 aromatic heterocycles. The Morgan fingerprint density at radius 1 is 0.875 bits per heavy atom. The van der Waals surface area contributed by atoms with Crippen molar-refractivity contribution in [2.45, 2.75) is 78.3 Å². The largest absolute Gasteiger partial charge is 0.564 e. The standard InChI is InChI=1S/C26H37N2O3P/c1-21(2)28(22(3)4)26(20-23-14-8-5-9-15-23)27-32(29,30-24-16-10-6-11-17-24)31-25-18-12-7-13-19-25/h6-7,10-13,16-19,21-23H,5,8-9,14-15,20H2,1-4H3/b27-26-. The van der Waals surface area contributed by atoms with Crippen molar-refractivity contribution in [2.24, 2.45) is 10.7 Å². The second-order valence-electron chi connectivity index (χ2n) is 9.10. The van der Waals surface area contributed by atoms with Gasteiger partial charge in [-0.05, 0) is 57.9 Å². The van der Waals surface area contributed by atoms with Crippen LogP contribution in [0.1, 0.15) is 66.2 Å². The minimum atomic E-state index is -3.87. The van der Waals surface area contributed by atoms with Gasteiger partial charge in [-0.1, -0.05) is 68.5 Å². The Morgan fingerprint density at radius 3 is 1.78 bits per heavy atom. The summed E-state index contributed by atoms with van der Waals surface area (Å²) in [6.07, 6.45) is 6.96. The fraction of sp³-hybridized carbons (Fsp3) is 0.500. The van der Waals surface area contributed by atoms with Crippen molar-refractivity contribution in [3.05, 3.63) is 60.7 Å². The third kappa shape index (κ3) is 7.13. The molecule has 0 aliphatic heterocycles. The summed E-state index contributed by atoms with van der Waals surface area (Å²) < 4.78 is 30.8. The summed E-state index contributed by atoms with van der Waals surface area (Å²) in [6, 6.07) is 18.7. The second kappa shape index (κ2) is 11.6. The van der Waals surface area contributed by atoms with Crippen molar-refractivity contribution in [2.75, 3.05) is 0 Å². The molecule has 0 unspecified atom stereocenters. The van der Waals surface area contributed by atoms with Gasteiger partial charge in [-0.2, -0.15) is 0 Å². The summed E-state index contributed by atoms with van der Waals surface area (Å²) in [6.45, 7) is 8.60. The van der Waals surface area contributed by atoms with E-state index in [4.69, 9.17) is 13.8 Å². The average molecular weight is 457 g/mol. The fourth-order valence-electron chi connectivity index (χ4n) is 4.47. The van der Waals surface area contributed by atoms with Crippen molar-refractivity contribution < 1.29 is 13.6 Å². The molecule has 2 aromatic carbocycles. The van der Waals surface area contributed by atoms with E-state index in [9.17, 15) is 4.57 Å². The van der Waals surface area contributed by atoms with Crippen molar-refractivity contribution in [3.63, 3.8) is 0 Å². The molecule has 3 rings (SSSR count). The normalized spacial score (nSPS) is 15.8. The zero-order chi connectivity index (χ0) is 23.0. The number of benzene rings is 2. The number of rotatable bonds is 9. The lowest BCUT2D eigenvalue weighted by atomic mass is 9.86. The third-order valence-electron chi connectivity index (χ3n) is 5.77. The maximum Gasteiger partial charge on any atom is 0.564 e. The first kappa shape index (κ1) is 24.4. The minimum absolute atomic E-state index is 0.222. The van der Waals surface area contributed by atoms with Gasteiger partial charge >= 0.3 is 7.75 Å². The van der Waals surface area contributed by atoms with E-state index in [1.54, 1.807) is 24.3 Å². The van der Waals surface area contributed by atoms with Crippen LogP contribution in [0.2, 0.25) is 0 Å². The highest BCUT2D eigenvalue weighted by molar-refractivity contribution is 7.53. The van der Waals surface area contributed by atoms with E-state index in [0.717, 1.165) is 12.3 Å². The zero-order valence-electron chi connectivity index (χ0n) is 19.8. The van der Waals surface area contributed by atoms with Crippen LogP contribution in [-0.4, -0.2) is 22.8 Å². The summed E-state index contributed by atoms with van der Waals surface area (Å²) in [5.74, 6) is 2.32. The molecule has 0 heterocycles. The molecule has 1 saturated carbocycles. The Bertz CT molecular complexity index is 840. The van der Waals surface area contributed by atoms with E-state index in [1.807, 2.05) is 36.4 Å². The Balaban J connectivity index is 2.01. The first-order valence-electron chi connectivity index (χ1n) is 11.8. The molecule has 1 fully saturated rings. The molecule has 0 atom stereocenters. The molecule has 0 spiro atoms. The highest BCUT2D eigenvalue weighted by Gasteiger charge is 2.33. The lowest BCUT2D eigenvalue weighted by Crippen LogP contribution is -2.43. The molecular formula is C26H37N2O3P. The topological polar surface area (TPSA) is 51.1 Å². The summed E-state index contributed by atoms with van der Waals surface area (Å²) in [5, 5.41) is 0. The monoisotopic (exact) mass is 456 g/mol. The van der Waals surface area contributed by atoms with Crippen LogP contribution < -0.4 is 9.05 Å². The summed E-state index contributed by atoms with van der Waals surface area (Å²) in [5.41, 5.74) is 0. The molecule has 0 saturated heterocycles. The van der Waals surface area contributed by atoms with E-state index in [0.29, 0.717) is 17.4 Å². The Hall–Kier alpha value is -2.26. The van der Waals surface area contributed by atoms with Gasteiger partial charge in [0.25, 0.3) is 0 Å². The van der Waals surface area contributed by atoms with E-state index in [-0.39, 0.29) is 12.1 Å².